The van der Waals surface area contributed by atoms with Crippen LogP contribution >= 0.6 is 0 Å². The second-order valence-corrected chi connectivity index (χ2v) is 23.1. The predicted octanol–water partition coefficient (Wildman–Crippen LogP) is 8.63. The number of carbonyl (C=O) groups is 9. The average Bonchev–Trinajstić information content (AvgIpc) is 1.68. The van der Waals surface area contributed by atoms with Gasteiger partial charge in [-0.05, 0) is 102 Å². The molecule has 470 valence electrons. The van der Waals surface area contributed by atoms with Gasteiger partial charge in [0.05, 0.1) is 55.3 Å². The summed E-state index contributed by atoms with van der Waals surface area (Å²) in [5.41, 5.74) is 7.58. The predicted molar refractivity (Wildman–Crippen MR) is 333 cm³/mol. The molecule has 4 atom stereocenters. The summed E-state index contributed by atoms with van der Waals surface area (Å²) in [5.74, 6) is -3.01. The molecule has 91 heavy (non-hydrogen) atoms. The smallest absolute Gasteiger partial charge is 0.414 e. The molecule has 8 amide bonds. The van der Waals surface area contributed by atoms with Crippen LogP contribution in [0, 0.1) is 5.92 Å². The number of nitrogens with zero attached hydrogens (tertiary/aromatic N) is 5. The molecule has 0 saturated carbocycles. The second kappa shape index (κ2) is 27.0. The lowest BCUT2D eigenvalue weighted by atomic mass is 10.0. The first-order chi connectivity index (χ1) is 43.9. The van der Waals surface area contributed by atoms with Crippen molar-refractivity contribution in [2.24, 2.45) is 10.9 Å². The van der Waals surface area contributed by atoms with Gasteiger partial charge in [-0.2, -0.15) is 0 Å². The standard InChI is InChI=1S/C68H68N8O15/c1-39(2)63(72-59(77)19-10-11-20-62(80)91-76-60(78)25-26-61(76)79)65(82)70-40(3)64(81)71-46-23-21-41(22-24-46)36-90-68(85)73-35-48-29-45-16-7-9-18-53(45)75(48)67(84)50-31-56(87-5)58(33-54(50)73)89-38-43-14-12-13-42(27-43)37-88-57-32-51-49(30-55(57)86-4)66(83)74-47(34-69-51)28-44-15-6-8-17-52(44)74/h6-9,12-18,21-24,27,30-34,39-40,47-48,63H,10-11,19-20,25-26,28-29,35-38H2,1-5H3,(H,70,82)(H,71,81)(H,72,77)/t40-,47?,48+,63-/m1/s1. The van der Waals surface area contributed by atoms with E-state index in [1.54, 1.807) is 72.2 Å². The SMILES string of the molecule is COc1cc2c(cc1OCc1cccc(COc3cc4c(cc3OC)C(=O)N3c5ccccc5C[C@H]3CN4C(=O)OCc3ccc(NC(=O)[C@@H](C)NC(=O)[C@H](NC(=O)CCCCC(=O)ON4C(=O)CCC4=O)C(C)C)cc3)c1)N=CC1Cc3ccccc3N1C2=O. The highest BCUT2D eigenvalue weighted by molar-refractivity contribution is 6.16. The van der Waals surface area contributed by atoms with Crippen molar-refractivity contribution in [2.75, 3.05) is 40.8 Å². The van der Waals surface area contributed by atoms with E-state index in [4.69, 9.17) is 33.5 Å². The van der Waals surface area contributed by atoms with E-state index < -0.39 is 59.7 Å². The zero-order valence-corrected chi connectivity index (χ0v) is 50.9. The Balaban J connectivity index is 0.710. The summed E-state index contributed by atoms with van der Waals surface area (Å²) >= 11 is 0. The fraction of sp³-hybridized carbons (Fsp3) is 0.324. The van der Waals surface area contributed by atoms with E-state index in [9.17, 15) is 43.2 Å². The monoisotopic (exact) mass is 1240 g/mol. The molecule has 0 radical (unpaired) electrons. The number of methoxy groups -OCH3 is 2. The Morgan fingerprint density at radius 3 is 1.89 bits per heavy atom. The minimum absolute atomic E-state index is 0.0165. The number of nitrogens with one attached hydrogen (secondary N) is 3. The number of anilines is 4. The maximum atomic E-state index is 14.7. The van der Waals surface area contributed by atoms with Crippen molar-refractivity contribution in [1.29, 1.82) is 0 Å². The van der Waals surface area contributed by atoms with Gasteiger partial charge < -0.3 is 49.4 Å². The normalized spacial score (nSPS) is 16.7. The number of aliphatic imine (C=N–C) groups is 1. The minimum Gasteiger partial charge on any atom is -0.493 e. The first kappa shape index (κ1) is 62.0. The molecule has 0 bridgehead atoms. The summed E-state index contributed by atoms with van der Waals surface area (Å²) < 4.78 is 30.4. The third-order valence-electron chi connectivity index (χ3n) is 16.5. The van der Waals surface area contributed by atoms with Gasteiger partial charge in [0.15, 0.2) is 23.0 Å². The molecule has 1 fully saturated rings. The number of hydroxylamine groups is 2. The van der Waals surface area contributed by atoms with Gasteiger partial charge in [0.2, 0.25) is 17.7 Å². The van der Waals surface area contributed by atoms with Crippen LogP contribution < -0.4 is 49.6 Å². The molecule has 6 aromatic rings. The molecule has 0 aliphatic carbocycles. The molecule has 1 saturated heterocycles. The maximum Gasteiger partial charge on any atom is 0.414 e. The van der Waals surface area contributed by atoms with Gasteiger partial charge in [0.25, 0.3) is 23.6 Å². The Hall–Kier alpha value is -10.6. The minimum atomic E-state index is -1.02. The summed E-state index contributed by atoms with van der Waals surface area (Å²) in [6.45, 7) is 5.11. The highest BCUT2D eigenvalue weighted by Gasteiger charge is 2.43. The Bertz CT molecular complexity index is 3890. The molecule has 23 heteroatoms. The van der Waals surface area contributed by atoms with E-state index in [0.717, 1.165) is 33.6 Å². The van der Waals surface area contributed by atoms with Crippen molar-refractivity contribution in [1.82, 2.24) is 15.7 Å². The average molecular weight is 1240 g/mol. The largest absolute Gasteiger partial charge is 0.493 e. The quantitative estimate of drug-likeness (QED) is 0.0424. The number of ether oxygens (including phenoxy) is 5. The van der Waals surface area contributed by atoms with Gasteiger partial charge in [-0.25, -0.2) is 9.59 Å². The lowest BCUT2D eigenvalue weighted by Crippen LogP contribution is -2.53. The number of hydrogen-bond donors (Lipinski definition) is 3. The molecule has 0 aromatic heterocycles. The van der Waals surface area contributed by atoms with Gasteiger partial charge in [-0.3, -0.25) is 48.4 Å². The van der Waals surface area contributed by atoms with Crippen LogP contribution in [-0.4, -0.2) is 110 Å². The van der Waals surface area contributed by atoms with Crippen LogP contribution in [0.4, 0.5) is 33.2 Å². The van der Waals surface area contributed by atoms with E-state index in [2.05, 4.69) is 16.0 Å². The summed E-state index contributed by atoms with van der Waals surface area (Å²) in [4.78, 5) is 133. The van der Waals surface area contributed by atoms with Gasteiger partial charge in [-0.1, -0.05) is 80.6 Å². The Morgan fingerprint density at radius 2 is 1.22 bits per heavy atom. The summed E-state index contributed by atoms with van der Waals surface area (Å²) in [6.07, 6.45) is 2.56. The number of para-hydroxylation sites is 2. The van der Waals surface area contributed by atoms with Crippen LogP contribution in [0.5, 0.6) is 23.0 Å². The van der Waals surface area contributed by atoms with E-state index in [-0.39, 0.29) is 111 Å². The number of fused-ring (bicyclic) bond motifs is 8. The Morgan fingerprint density at radius 1 is 0.604 bits per heavy atom. The van der Waals surface area contributed by atoms with Crippen LogP contribution in [0.3, 0.4) is 0 Å². The molecule has 11 rings (SSSR count). The maximum absolute atomic E-state index is 14.7. The number of rotatable bonds is 22. The molecular weight excluding hydrogens is 1170 g/mol. The number of amides is 8. The fourth-order valence-electron chi connectivity index (χ4n) is 11.7. The lowest BCUT2D eigenvalue weighted by molar-refractivity contribution is -0.197. The zero-order chi connectivity index (χ0) is 64.0. The number of imide groups is 1. The lowest BCUT2D eigenvalue weighted by Gasteiger charge is -2.26. The van der Waals surface area contributed by atoms with E-state index in [0.29, 0.717) is 51.9 Å². The third kappa shape index (κ3) is 13.6. The molecule has 3 N–H and O–H groups in total. The van der Waals surface area contributed by atoms with Crippen LogP contribution in [0.1, 0.15) is 108 Å². The van der Waals surface area contributed by atoms with Gasteiger partial charge in [0.1, 0.15) is 31.9 Å². The molecule has 5 aliphatic heterocycles. The topological polar surface area (TPSA) is 270 Å². The van der Waals surface area contributed by atoms with Crippen molar-refractivity contribution < 1.29 is 71.7 Å². The molecule has 0 spiro atoms. The molecular formula is C68H68N8O15. The molecule has 5 aliphatic rings. The van der Waals surface area contributed by atoms with E-state index in [1.165, 1.54) is 26.0 Å². The molecule has 1 unspecified atom stereocenters. The van der Waals surface area contributed by atoms with Crippen molar-refractivity contribution in [2.45, 2.75) is 116 Å². The molecule has 23 nitrogen and oxygen atoms in total. The summed E-state index contributed by atoms with van der Waals surface area (Å²) in [5, 5.41) is 8.62. The Kier molecular flexibility index (Phi) is 18.4. The van der Waals surface area contributed by atoms with Crippen LogP contribution in [0.15, 0.2) is 126 Å². The van der Waals surface area contributed by atoms with Crippen molar-refractivity contribution in [3.05, 3.63) is 160 Å². The van der Waals surface area contributed by atoms with Crippen molar-refractivity contribution in [3.8, 4) is 23.0 Å². The first-order valence-corrected chi connectivity index (χ1v) is 30.1. The third-order valence-corrected chi connectivity index (χ3v) is 16.5. The van der Waals surface area contributed by atoms with E-state index >= 15 is 0 Å². The van der Waals surface area contributed by atoms with Crippen LogP contribution in [-0.2, 0) is 71.0 Å². The summed E-state index contributed by atoms with van der Waals surface area (Å²) in [7, 11) is 3.00. The zero-order valence-electron chi connectivity index (χ0n) is 50.9. The van der Waals surface area contributed by atoms with Gasteiger partial charge in [-0.15, -0.1) is 5.06 Å². The van der Waals surface area contributed by atoms with E-state index in [1.807, 2.05) is 79.0 Å². The van der Waals surface area contributed by atoms with Gasteiger partial charge in [0, 0.05) is 67.5 Å². The number of benzene rings is 6. The first-order valence-electron chi connectivity index (χ1n) is 30.1. The highest BCUT2D eigenvalue weighted by Crippen LogP contribution is 2.44. The van der Waals surface area contributed by atoms with Crippen molar-refractivity contribution in [3.63, 3.8) is 0 Å². The second-order valence-electron chi connectivity index (χ2n) is 23.1. The molecule has 5 heterocycles. The number of hydrogen-bond acceptors (Lipinski definition) is 16. The van der Waals surface area contributed by atoms with Crippen LogP contribution in [0.2, 0.25) is 0 Å². The summed E-state index contributed by atoms with van der Waals surface area (Å²) in [6, 6.07) is 33.7. The Labute approximate surface area is 524 Å². The number of carbonyl (C=O) groups excluding carboxylic acids is 9. The van der Waals surface area contributed by atoms with Crippen LogP contribution in [0.25, 0.3) is 0 Å². The van der Waals surface area contributed by atoms with Gasteiger partial charge >= 0.3 is 12.1 Å². The number of unbranched alkanes of at least 4 members (excludes halogenated alkanes) is 1. The highest BCUT2D eigenvalue weighted by atomic mass is 16.7. The fourth-order valence-corrected chi connectivity index (χ4v) is 11.7. The van der Waals surface area contributed by atoms with Crippen molar-refractivity contribution >= 4 is 88.1 Å². The molecule has 6 aromatic carbocycles.